The molecule has 0 radical (unpaired) electrons. The quantitative estimate of drug-likeness (QED) is 0.0251. The van der Waals surface area contributed by atoms with Crippen molar-refractivity contribution in [2.24, 2.45) is 0 Å². The lowest BCUT2D eigenvalue weighted by molar-refractivity contribution is 0.0481. The molecule has 2 saturated carbocycles. The van der Waals surface area contributed by atoms with E-state index in [1.807, 2.05) is 48.5 Å². The Bertz CT molecular complexity index is 3390. The van der Waals surface area contributed by atoms with Gasteiger partial charge in [0.15, 0.2) is 0 Å². The van der Waals surface area contributed by atoms with E-state index in [1.54, 1.807) is 24.3 Å². The summed E-state index contributed by atoms with van der Waals surface area (Å²) in [5.74, 6) is -2.08. The van der Waals surface area contributed by atoms with Crippen molar-refractivity contribution in [3.05, 3.63) is 117 Å². The van der Waals surface area contributed by atoms with Crippen molar-refractivity contribution in [1.29, 1.82) is 0 Å². The smallest absolute Gasteiger partial charge is 0.261 e. The summed E-state index contributed by atoms with van der Waals surface area (Å²) in [6, 6.07) is 22.0. The molecule has 12 nitrogen and oxygen atoms in total. The van der Waals surface area contributed by atoms with Crippen LogP contribution in [0.2, 0.25) is 0 Å². The lowest BCUT2D eigenvalue weighted by atomic mass is 9.82. The van der Waals surface area contributed by atoms with E-state index in [9.17, 15) is 38.4 Å². The van der Waals surface area contributed by atoms with Gasteiger partial charge in [-0.15, -0.1) is 0 Å². The van der Waals surface area contributed by atoms with Crippen LogP contribution in [0, 0.1) is 0 Å². The fourth-order valence-corrected chi connectivity index (χ4v) is 15.5. The summed E-state index contributed by atoms with van der Waals surface area (Å²) < 4.78 is 0. The predicted octanol–water partition coefficient (Wildman–Crippen LogP) is 17.5. The van der Waals surface area contributed by atoms with Crippen LogP contribution < -0.4 is 0 Å². The standard InChI is InChI=1S/C48H58N2O4.C26H26N2O4/c1-3-5-7-9-11-13-15-17-19-21-31-49-45(51)37-27-23-33-35-25-29-39-44-40(30-26-36(42(35)44)34-24-28-38(46(49)52)43(37)41(33)34)48(54)50(47(39)53)32-22-20-18-16-14-12-10-8-6-4-2;29-23-17-11-13-19-22-20(26(32)28(25(19)31)16-9-5-2-6-10-16)14-12-18(21(17)22)24(30)27(23)15-7-3-1-4-8-15/h23-30H,3-22,31-32H2,1-2H3;11-16H,1-10H2. The normalized spacial score (nSPS) is 17.3. The van der Waals surface area contributed by atoms with Gasteiger partial charge in [-0.2, -0.15) is 0 Å². The van der Waals surface area contributed by atoms with Gasteiger partial charge in [-0.05, 0) is 119 Å². The SMILES string of the molecule is CCCCCCCCCCCCN1C(=O)c2ccc3c4ccc5c6c(ccc(c7ccc(c2c37)C1=O)c64)C(=O)N(CCCCCCCCCCCC)C5=O.O=C1c2ccc3c4c(ccc(c24)C(=O)N1C1CCCCC1)C(=O)N(C1CCCCC1)C3=O. The van der Waals surface area contributed by atoms with E-state index < -0.39 is 0 Å². The maximum atomic E-state index is 13.9. The Labute approximate surface area is 505 Å². The average Bonchev–Trinajstić information content (AvgIpc) is 0.783. The summed E-state index contributed by atoms with van der Waals surface area (Å²) in [5, 5.41) is 7.90. The Hall–Kier alpha value is -7.34. The van der Waals surface area contributed by atoms with Gasteiger partial charge in [0, 0.05) is 91.2 Å². The third-order valence-electron chi connectivity index (χ3n) is 20.1. The monoisotopic (exact) mass is 1160 g/mol. The number of imide groups is 4. The molecular formula is C74H84N4O8. The van der Waals surface area contributed by atoms with Gasteiger partial charge in [0.1, 0.15) is 0 Å². The molecule has 8 amide bonds. The van der Waals surface area contributed by atoms with Crippen LogP contribution in [-0.4, -0.2) is 92.0 Å². The molecule has 86 heavy (non-hydrogen) atoms. The molecule has 0 bridgehead atoms. The molecule has 0 atom stereocenters. The van der Waals surface area contributed by atoms with Crippen LogP contribution in [0.25, 0.3) is 53.9 Å². The van der Waals surface area contributed by atoms with E-state index in [0.29, 0.717) is 79.1 Å². The summed E-state index contributed by atoms with van der Waals surface area (Å²) in [7, 11) is 0. The largest absolute Gasteiger partial charge is 0.274 e. The molecule has 0 aromatic heterocycles. The molecule has 2 fully saturated rings. The van der Waals surface area contributed by atoms with Crippen LogP contribution in [0.5, 0.6) is 0 Å². The van der Waals surface area contributed by atoms with Crippen molar-refractivity contribution < 1.29 is 38.4 Å². The van der Waals surface area contributed by atoms with Gasteiger partial charge in [0.2, 0.25) is 0 Å². The number of nitrogens with zero attached hydrogens (tertiary/aromatic N) is 4. The van der Waals surface area contributed by atoms with E-state index in [-0.39, 0.29) is 59.3 Å². The highest BCUT2D eigenvalue weighted by atomic mass is 16.2. The highest BCUT2D eigenvalue weighted by Crippen LogP contribution is 2.47. The number of hydrogen-bond acceptors (Lipinski definition) is 8. The number of hydrogen-bond donors (Lipinski definition) is 0. The van der Waals surface area contributed by atoms with Crippen molar-refractivity contribution in [3.63, 3.8) is 0 Å². The van der Waals surface area contributed by atoms with E-state index in [2.05, 4.69) is 13.8 Å². The first-order chi connectivity index (χ1) is 42.0. The number of rotatable bonds is 24. The third-order valence-corrected chi connectivity index (χ3v) is 20.1. The van der Waals surface area contributed by atoms with Gasteiger partial charge in [-0.3, -0.25) is 58.0 Å². The summed E-state index contributed by atoms with van der Waals surface area (Å²) in [4.78, 5) is 115. The zero-order valence-corrected chi connectivity index (χ0v) is 50.8. The third kappa shape index (κ3) is 10.7. The number of carbonyl (C=O) groups is 8. The minimum Gasteiger partial charge on any atom is -0.274 e. The first kappa shape index (κ1) is 59.0. The zero-order chi connectivity index (χ0) is 59.6. The Balaban J connectivity index is 0.000000191. The van der Waals surface area contributed by atoms with Gasteiger partial charge in [-0.25, -0.2) is 0 Å². The van der Waals surface area contributed by atoms with Crippen LogP contribution >= 0.6 is 0 Å². The minimum atomic E-state index is -0.298. The lowest BCUT2D eigenvalue weighted by Gasteiger charge is -2.38. The van der Waals surface area contributed by atoms with Crippen molar-refractivity contribution in [3.8, 4) is 0 Å². The topological polar surface area (TPSA) is 150 Å². The van der Waals surface area contributed by atoms with Crippen molar-refractivity contribution in [2.45, 2.75) is 219 Å². The van der Waals surface area contributed by atoms with Gasteiger partial charge >= 0.3 is 0 Å². The molecule has 0 unspecified atom stereocenters. The van der Waals surface area contributed by atoms with Crippen LogP contribution in [0.15, 0.2) is 72.8 Å². The second kappa shape index (κ2) is 25.9. The van der Waals surface area contributed by atoms with Crippen LogP contribution in [0.3, 0.4) is 0 Å². The molecule has 4 aliphatic heterocycles. The molecule has 0 N–H and O–H groups in total. The van der Waals surface area contributed by atoms with Crippen LogP contribution in [0.1, 0.15) is 289 Å². The summed E-state index contributed by atoms with van der Waals surface area (Å²) in [5.41, 5.74) is 3.99. The van der Waals surface area contributed by atoms with Crippen molar-refractivity contribution in [2.75, 3.05) is 13.1 Å². The van der Waals surface area contributed by atoms with Crippen LogP contribution in [0.4, 0.5) is 0 Å². The molecule has 13 rings (SSSR count). The number of amides is 8. The summed E-state index contributed by atoms with van der Waals surface area (Å²) in [6.07, 6.45) is 33.6. The first-order valence-electron chi connectivity index (χ1n) is 33.3. The average molecular weight is 1160 g/mol. The molecule has 0 saturated heterocycles. The number of fused-ring (bicyclic) bond motifs is 2. The van der Waals surface area contributed by atoms with Gasteiger partial charge in [0.05, 0.1) is 0 Å². The molecule has 0 spiro atoms. The summed E-state index contributed by atoms with van der Waals surface area (Å²) >= 11 is 0. The molecule has 2 aliphatic carbocycles. The van der Waals surface area contributed by atoms with Crippen molar-refractivity contribution in [1.82, 2.24) is 19.6 Å². The first-order valence-corrected chi connectivity index (χ1v) is 33.3. The fourth-order valence-electron chi connectivity index (χ4n) is 15.5. The molecule has 7 aromatic carbocycles. The second-order valence-corrected chi connectivity index (χ2v) is 25.6. The maximum absolute atomic E-state index is 13.9. The number of carbonyl (C=O) groups excluding carboxylic acids is 8. The highest BCUT2D eigenvalue weighted by molar-refractivity contribution is 6.41. The molecule has 4 heterocycles. The molecular weight excluding hydrogens is 1070 g/mol. The Kier molecular flexibility index (Phi) is 17.8. The lowest BCUT2D eigenvalue weighted by Crippen LogP contribution is -2.49. The number of benzene rings is 7. The molecule has 7 aromatic rings. The molecule has 6 aliphatic rings. The molecule has 12 heteroatoms. The van der Waals surface area contributed by atoms with E-state index in [4.69, 9.17) is 0 Å². The Morgan fingerprint density at radius 3 is 0.756 bits per heavy atom. The minimum absolute atomic E-state index is 0.0794. The van der Waals surface area contributed by atoms with Crippen LogP contribution in [-0.2, 0) is 0 Å². The fraction of sp³-hybridized carbons (Fsp3) is 0.486. The van der Waals surface area contributed by atoms with E-state index in [1.165, 1.54) is 109 Å². The second-order valence-electron chi connectivity index (χ2n) is 25.6. The predicted molar refractivity (Wildman–Crippen MR) is 341 cm³/mol. The number of unbranched alkanes of at least 4 members (excludes halogenated alkanes) is 18. The van der Waals surface area contributed by atoms with E-state index >= 15 is 0 Å². The Morgan fingerprint density at radius 1 is 0.267 bits per heavy atom. The zero-order valence-electron chi connectivity index (χ0n) is 50.8. The van der Waals surface area contributed by atoms with Gasteiger partial charge in [0.25, 0.3) is 47.3 Å². The van der Waals surface area contributed by atoms with Gasteiger partial charge in [-0.1, -0.05) is 192 Å². The van der Waals surface area contributed by atoms with E-state index in [0.717, 1.165) is 135 Å². The highest BCUT2D eigenvalue weighted by Gasteiger charge is 2.44. The van der Waals surface area contributed by atoms with Crippen molar-refractivity contribution >= 4 is 101 Å². The summed E-state index contributed by atoms with van der Waals surface area (Å²) in [6.45, 7) is 5.36. The molecule has 448 valence electrons. The Morgan fingerprint density at radius 2 is 0.488 bits per heavy atom. The maximum Gasteiger partial charge on any atom is 0.261 e. The van der Waals surface area contributed by atoms with Gasteiger partial charge < -0.3 is 0 Å².